The number of amides is 1. The van der Waals surface area contributed by atoms with Gasteiger partial charge < -0.3 is 10.6 Å². The van der Waals surface area contributed by atoms with Gasteiger partial charge in [-0.05, 0) is 35.9 Å². The molecule has 0 saturated heterocycles. The van der Waals surface area contributed by atoms with Gasteiger partial charge in [-0.2, -0.15) is 0 Å². The van der Waals surface area contributed by atoms with Gasteiger partial charge in [0.1, 0.15) is 0 Å². The summed E-state index contributed by atoms with van der Waals surface area (Å²) in [5, 5.41) is 6.76. The number of aromatic nitrogens is 2. The number of rotatable bonds is 6. The minimum Gasteiger partial charge on any atom is -0.378 e. The van der Waals surface area contributed by atoms with E-state index in [0.29, 0.717) is 23.7 Å². The van der Waals surface area contributed by atoms with Gasteiger partial charge in [0, 0.05) is 30.2 Å². The third-order valence-electron chi connectivity index (χ3n) is 3.57. The molecular formula is C19H17ClN4O. The highest BCUT2D eigenvalue weighted by molar-refractivity contribution is 6.30. The van der Waals surface area contributed by atoms with Crippen LogP contribution in [0, 0.1) is 0 Å². The molecule has 1 aromatic carbocycles. The van der Waals surface area contributed by atoms with E-state index >= 15 is 0 Å². The number of halogens is 1. The Morgan fingerprint density at radius 3 is 2.64 bits per heavy atom. The summed E-state index contributed by atoms with van der Waals surface area (Å²) in [6.45, 7) is 1.000. The summed E-state index contributed by atoms with van der Waals surface area (Å²) in [6, 6.07) is 14.9. The maximum atomic E-state index is 12.3. The molecule has 2 heterocycles. The minimum absolute atomic E-state index is 0.177. The zero-order valence-corrected chi connectivity index (χ0v) is 14.2. The van der Waals surface area contributed by atoms with Crippen molar-refractivity contribution in [2.75, 3.05) is 5.32 Å². The number of benzene rings is 1. The van der Waals surface area contributed by atoms with Crippen LogP contribution < -0.4 is 10.6 Å². The molecule has 0 aliphatic carbocycles. The van der Waals surface area contributed by atoms with E-state index < -0.39 is 0 Å². The summed E-state index contributed by atoms with van der Waals surface area (Å²) >= 11 is 5.85. The highest BCUT2D eigenvalue weighted by Crippen LogP contribution is 2.11. The second kappa shape index (κ2) is 8.26. The van der Waals surface area contributed by atoms with E-state index in [0.717, 1.165) is 16.9 Å². The molecule has 25 heavy (non-hydrogen) atoms. The summed E-state index contributed by atoms with van der Waals surface area (Å²) in [5.74, 6) is -0.177. The van der Waals surface area contributed by atoms with E-state index in [4.69, 9.17) is 11.6 Å². The molecule has 0 spiro atoms. The molecule has 0 fully saturated rings. The summed E-state index contributed by atoms with van der Waals surface area (Å²) in [4.78, 5) is 20.7. The molecule has 2 aromatic heterocycles. The second-order valence-electron chi connectivity index (χ2n) is 5.45. The predicted molar refractivity (Wildman–Crippen MR) is 98.4 cm³/mol. The molecular weight excluding hydrogens is 336 g/mol. The summed E-state index contributed by atoms with van der Waals surface area (Å²) < 4.78 is 0. The summed E-state index contributed by atoms with van der Waals surface area (Å²) in [7, 11) is 0. The van der Waals surface area contributed by atoms with Crippen molar-refractivity contribution in [3.63, 3.8) is 0 Å². The lowest BCUT2D eigenvalue weighted by Gasteiger charge is -2.08. The zero-order chi connectivity index (χ0) is 17.5. The number of anilines is 1. The fourth-order valence-electron chi connectivity index (χ4n) is 2.24. The molecule has 1 amide bonds. The largest absolute Gasteiger partial charge is 0.378 e. The van der Waals surface area contributed by atoms with Gasteiger partial charge in [0.15, 0.2) is 0 Å². The highest BCUT2D eigenvalue weighted by Gasteiger charge is 2.07. The molecule has 0 saturated carbocycles. The molecule has 5 nitrogen and oxygen atoms in total. The van der Waals surface area contributed by atoms with Gasteiger partial charge in [-0.3, -0.25) is 14.8 Å². The molecule has 0 unspecified atom stereocenters. The molecule has 0 atom stereocenters. The first-order valence-corrected chi connectivity index (χ1v) is 8.20. The average molecular weight is 353 g/mol. The zero-order valence-electron chi connectivity index (χ0n) is 13.4. The molecule has 6 heteroatoms. The lowest BCUT2D eigenvalue weighted by atomic mass is 10.2. The quantitative estimate of drug-likeness (QED) is 0.710. The van der Waals surface area contributed by atoms with Crippen LogP contribution >= 0.6 is 11.6 Å². The van der Waals surface area contributed by atoms with E-state index in [1.807, 2.05) is 30.3 Å². The van der Waals surface area contributed by atoms with Gasteiger partial charge in [0.25, 0.3) is 5.91 Å². The van der Waals surface area contributed by atoms with Crippen molar-refractivity contribution in [3.05, 3.63) is 89.0 Å². The Morgan fingerprint density at radius 1 is 1.04 bits per heavy atom. The van der Waals surface area contributed by atoms with Crippen molar-refractivity contribution < 1.29 is 4.79 Å². The summed E-state index contributed by atoms with van der Waals surface area (Å²) in [5.41, 5.74) is 3.17. The van der Waals surface area contributed by atoms with Crippen LogP contribution in [0.1, 0.15) is 21.6 Å². The van der Waals surface area contributed by atoms with Gasteiger partial charge >= 0.3 is 0 Å². The molecule has 0 aliphatic rings. The average Bonchev–Trinajstić information content (AvgIpc) is 2.67. The van der Waals surface area contributed by atoms with Crippen molar-refractivity contribution in [1.82, 2.24) is 15.3 Å². The van der Waals surface area contributed by atoms with Crippen LogP contribution in [-0.2, 0) is 13.1 Å². The minimum atomic E-state index is -0.177. The number of nitrogens with zero attached hydrogens (tertiary/aromatic N) is 2. The predicted octanol–water partition coefficient (Wildman–Crippen LogP) is 3.67. The Kier molecular flexibility index (Phi) is 5.59. The van der Waals surface area contributed by atoms with Gasteiger partial charge in [-0.15, -0.1) is 0 Å². The third-order valence-corrected chi connectivity index (χ3v) is 3.82. The first-order valence-electron chi connectivity index (χ1n) is 7.82. The number of nitrogens with one attached hydrogen (secondary N) is 2. The maximum Gasteiger partial charge on any atom is 0.253 e. The molecule has 0 aliphatic heterocycles. The Bertz CT molecular complexity index is 838. The van der Waals surface area contributed by atoms with Gasteiger partial charge in [-0.1, -0.05) is 29.8 Å². The van der Waals surface area contributed by atoms with Crippen LogP contribution in [0.3, 0.4) is 0 Å². The molecule has 0 radical (unpaired) electrons. The number of hydrogen-bond acceptors (Lipinski definition) is 4. The lowest BCUT2D eigenvalue weighted by Crippen LogP contribution is -2.23. The van der Waals surface area contributed by atoms with Crippen molar-refractivity contribution >= 4 is 23.2 Å². The van der Waals surface area contributed by atoms with E-state index in [1.165, 1.54) is 0 Å². The van der Waals surface area contributed by atoms with Crippen molar-refractivity contribution in [2.24, 2.45) is 0 Å². The Labute approximate surface area is 151 Å². The fraction of sp³-hybridized carbons (Fsp3) is 0.105. The molecule has 2 N–H and O–H groups in total. The Morgan fingerprint density at radius 2 is 1.88 bits per heavy atom. The van der Waals surface area contributed by atoms with E-state index in [2.05, 4.69) is 20.6 Å². The van der Waals surface area contributed by atoms with Crippen molar-refractivity contribution in [3.8, 4) is 0 Å². The van der Waals surface area contributed by atoms with Crippen LogP contribution in [0.2, 0.25) is 5.02 Å². The fourth-order valence-corrected chi connectivity index (χ4v) is 2.37. The van der Waals surface area contributed by atoms with Crippen molar-refractivity contribution in [2.45, 2.75) is 13.1 Å². The van der Waals surface area contributed by atoms with Crippen LogP contribution in [0.4, 0.5) is 5.69 Å². The first-order chi connectivity index (χ1) is 12.2. The Balaban J connectivity index is 1.58. The SMILES string of the molecule is O=C(NCc1ccc(Cl)cc1)c1cncc(NCc2ccccn2)c1. The smallest absolute Gasteiger partial charge is 0.253 e. The van der Waals surface area contributed by atoms with E-state index in [1.54, 1.807) is 36.8 Å². The Hall–Kier alpha value is -2.92. The number of hydrogen-bond donors (Lipinski definition) is 2. The van der Waals surface area contributed by atoms with Crippen molar-refractivity contribution in [1.29, 1.82) is 0 Å². The van der Waals surface area contributed by atoms with Crippen LogP contribution in [-0.4, -0.2) is 15.9 Å². The number of pyridine rings is 2. The van der Waals surface area contributed by atoms with E-state index in [-0.39, 0.29) is 5.91 Å². The summed E-state index contributed by atoms with van der Waals surface area (Å²) in [6.07, 6.45) is 4.97. The monoisotopic (exact) mass is 352 g/mol. The van der Waals surface area contributed by atoms with Gasteiger partial charge in [-0.25, -0.2) is 0 Å². The van der Waals surface area contributed by atoms with Crippen LogP contribution in [0.25, 0.3) is 0 Å². The molecule has 126 valence electrons. The van der Waals surface area contributed by atoms with Crippen LogP contribution in [0.5, 0.6) is 0 Å². The molecule has 0 bridgehead atoms. The number of carbonyl (C=O) groups is 1. The highest BCUT2D eigenvalue weighted by atomic mass is 35.5. The topological polar surface area (TPSA) is 66.9 Å². The normalized spacial score (nSPS) is 10.3. The number of carbonyl (C=O) groups excluding carboxylic acids is 1. The lowest BCUT2D eigenvalue weighted by molar-refractivity contribution is 0.0950. The maximum absolute atomic E-state index is 12.3. The second-order valence-corrected chi connectivity index (χ2v) is 5.88. The third kappa shape index (κ3) is 5.02. The first kappa shape index (κ1) is 16.9. The van der Waals surface area contributed by atoms with E-state index in [9.17, 15) is 4.79 Å². The standard InChI is InChI=1S/C19H17ClN4O/c20-16-6-4-14(5-7-16)10-24-19(25)15-9-18(12-21-11-15)23-13-17-3-1-2-8-22-17/h1-9,11-12,23H,10,13H2,(H,24,25). The molecule has 3 rings (SSSR count). The molecule has 3 aromatic rings. The van der Waals surface area contributed by atoms with Gasteiger partial charge in [0.05, 0.1) is 23.5 Å². The van der Waals surface area contributed by atoms with Crippen LogP contribution in [0.15, 0.2) is 67.1 Å². The van der Waals surface area contributed by atoms with Gasteiger partial charge in [0.2, 0.25) is 0 Å².